The topological polar surface area (TPSA) is 86.4 Å². The van der Waals surface area contributed by atoms with Crippen molar-refractivity contribution in [3.05, 3.63) is 51.6 Å². The lowest BCUT2D eigenvalue weighted by molar-refractivity contribution is 0.102. The van der Waals surface area contributed by atoms with Gasteiger partial charge in [-0.1, -0.05) is 0 Å². The molecule has 0 spiro atoms. The largest absolute Gasteiger partial charge is 0.497 e. The first kappa shape index (κ1) is 16.8. The Balaban J connectivity index is 2.06. The number of rotatable bonds is 4. The van der Waals surface area contributed by atoms with Crippen molar-refractivity contribution in [2.75, 3.05) is 12.4 Å². The second-order valence-corrected chi connectivity index (χ2v) is 5.66. The number of carbonyl (C=O) groups excluding carboxylic acids is 1. The number of carbonyl (C=O) groups is 1. The molecule has 0 atom stereocenters. The second kappa shape index (κ2) is 6.43. The van der Waals surface area contributed by atoms with Crippen LogP contribution in [-0.2, 0) is 6.54 Å². The van der Waals surface area contributed by atoms with E-state index in [0.29, 0.717) is 29.0 Å². The summed E-state index contributed by atoms with van der Waals surface area (Å²) in [6.45, 7) is 6.41. The lowest BCUT2D eigenvalue weighted by Gasteiger charge is -2.09. The third-order valence-electron chi connectivity index (χ3n) is 4.12. The number of nitrogens with zero attached hydrogens (tertiary/aromatic N) is 2. The highest BCUT2D eigenvalue weighted by Gasteiger charge is 2.18. The molecule has 0 fully saturated rings. The molecule has 2 aromatic heterocycles. The summed E-state index contributed by atoms with van der Waals surface area (Å²) in [5.41, 5.74) is 2.20. The van der Waals surface area contributed by atoms with Gasteiger partial charge in [0.15, 0.2) is 0 Å². The molecule has 0 saturated heterocycles. The van der Waals surface area contributed by atoms with Gasteiger partial charge in [-0.15, -0.1) is 0 Å². The standard InChI is InChI=1S/C18H19N3O4/c1-5-21-11(3)17(10(2)20-21)19-18(23)14-9-16(22)25-15-8-12(24-4)6-7-13(14)15/h6-9H,5H2,1-4H3,(H,19,23). The molecule has 1 N–H and O–H groups in total. The van der Waals surface area contributed by atoms with Gasteiger partial charge in [0, 0.05) is 24.1 Å². The molecule has 1 amide bonds. The highest BCUT2D eigenvalue weighted by Crippen LogP contribution is 2.25. The summed E-state index contributed by atoms with van der Waals surface area (Å²) in [4.78, 5) is 24.6. The summed E-state index contributed by atoms with van der Waals surface area (Å²) in [5, 5.41) is 7.78. The number of methoxy groups -OCH3 is 1. The van der Waals surface area contributed by atoms with Gasteiger partial charge in [-0.25, -0.2) is 4.79 Å². The van der Waals surface area contributed by atoms with Crippen LogP contribution in [0.5, 0.6) is 5.75 Å². The fourth-order valence-corrected chi connectivity index (χ4v) is 2.82. The van der Waals surface area contributed by atoms with Crippen LogP contribution in [0.4, 0.5) is 5.69 Å². The number of aryl methyl sites for hydroxylation is 2. The maximum atomic E-state index is 12.8. The molecule has 0 bridgehead atoms. The summed E-state index contributed by atoms with van der Waals surface area (Å²) >= 11 is 0. The molecule has 130 valence electrons. The first-order chi connectivity index (χ1) is 11.9. The van der Waals surface area contributed by atoms with E-state index >= 15 is 0 Å². The predicted octanol–water partition coefficient (Wildman–Crippen LogP) is 2.89. The Morgan fingerprint density at radius 2 is 2.08 bits per heavy atom. The number of benzene rings is 1. The number of amides is 1. The summed E-state index contributed by atoms with van der Waals surface area (Å²) in [6, 6.07) is 6.18. The van der Waals surface area contributed by atoms with Crippen LogP contribution in [0.15, 0.2) is 33.5 Å². The number of hydrogen-bond donors (Lipinski definition) is 1. The maximum Gasteiger partial charge on any atom is 0.337 e. The summed E-state index contributed by atoms with van der Waals surface area (Å²) in [6.07, 6.45) is 0. The van der Waals surface area contributed by atoms with Gasteiger partial charge in [0.2, 0.25) is 0 Å². The zero-order chi connectivity index (χ0) is 18.1. The van der Waals surface area contributed by atoms with E-state index in [0.717, 1.165) is 11.4 Å². The van der Waals surface area contributed by atoms with Crippen LogP contribution in [0.25, 0.3) is 11.0 Å². The van der Waals surface area contributed by atoms with Gasteiger partial charge in [0.05, 0.1) is 29.7 Å². The van der Waals surface area contributed by atoms with Crippen molar-refractivity contribution < 1.29 is 13.9 Å². The highest BCUT2D eigenvalue weighted by molar-refractivity contribution is 6.12. The quantitative estimate of drug-likeness (QED) is 0.737. The molecule has 1 aromatic carbocycles. The van der Waals surface area contributed by atoms with E-state index in [4.69, 9.17) is 9.15 Å². The van der Waals surface area contributed by atoms with E-state index in [1.807, 2.05) is 25.5 Å². The Bertz CT molecular complexity index is 1020. The summed E-state index contributed by atoms with van der Waals surface area (Å²) in [7, 11) is 1.52. The van der Waals surface area contributed by atoms with Crippen LogP contribution < -0.4 is 15.7 Å². The molecule has 25 heavy (non-hydrogen) atoms. The SMILES string of the molecule is CCn1nc(C)c(NC(=O)c2cc(=O)oc3cc(OC)ccc23)c1C. The van der Waals surface area contributed by atoms with E-state index in [-0.39, 0.29) is 11.5 Å². The molecule has 3 rings (SSSR count). The molecule has 7 heteroatoms. The molecule has 7 nitrogen and oxygen atoms in total. The molecular formula is C18H19N3O4. The molecule has 2 heterocycles. The normalized spacial score (nSPS) is 10.9. The highest BCUT2D eigenvalue weighted by atomic mass is 16.5. The Morgan fingerprint density at radius 1 is 1.32 bits per heavy atom. The van der Waals surface area contributed by atoms with Crippen molar-refractivity contribution in [2.24, 2.45) is 0 Å². The Kier molecular flexibility index (Phi) is 4.31. The Morgan fingerprint density at radius 3 is 2.72 bits per heavy atom. The number of ether oxygens (including phenoxy) is 1. The van der Waals surface area contributed by atoms with E-state index in [1.165, 1.54) is 13.2 Å². The fourth-order valence-electron chi connectivity index (χ4n) is 2.82. The Labute approximate surface area is 144 Å². The van der Waals surface area contributed by atoms with Crippen molar-refractivity contribution in [3.63, 3.8) is 0 Å². The van der Waals surface area contributed by atoms with Crippen LogP contribution in [0, 0.1) is 13.8 Å². The first-order valence-corrected chi connectivity index (χ1v) is 7.91. The van der Waals surface area contributed by atoms with Crippen LogP contribution in [0.2, 0.25) is 0 Å². The van der Waals surface area contributed by atoms with Gasteiger partial charge in [-0.2, -0.15) is 5.10 Å². The number of fused-ring (bicyclic) bond motifs is 1. The van der Waals surface area contributed by atoms with Gasteiger partial charge in [0.1, 0.15) is 11.3 Å². The molecule has 0 radical (unpaired) electrons. The fraction of sp³-hybridized carbons (Fsp3) is 0.278. The lowest BCUT2D eigenvalue weighted by atomic mass is 10.1. The minimum atomic E-state index is -0.594. The van der Waals surface area contributed by atoms with Crippen LogP contribution in [-0.4, -0.2) is 22.8 Å². The smallest absolute Gasteiger partial charge is 0.337 e. The third-order valence-corrected chi connectivity index (χ3v) is 4.12. The van der Waals surface area contributed by atoms with Crippen molar-refractivity contribution in [1.82, 2.24) is 9.78 Å². The van der Waals surface area contributed by atoms with E-state index in [9.17, 15) is 9.59 Å². The van der Waals surface area contributed by atoms with Crippen LogP contribution in [0.3, 0.4) is 0 Å². The lowest BCUT2D eigenvalue weighted by Crippen LogP contribution is -2.16. The number of nitrogens with one attached hydrogen (secondary N) is 1. The van der Waals surface area contributed by atoms with Gasteiger partial charge < -0.3 is 14.5 Å². The molecule has 0 aliphatic carbocycles. The second-order valence-electron chi connectivity index (χ2n) is 5.66. The van der Waals surface area contributed by atoms with Gasteiger partial charge in [-0.05, 0) is 32.9 Å². The predicted molar refractivity (Wildman–Crippen MR) is 94.4 cm³/mol. The average Bonchev–Trinajstić information content (AvgIpc) is 2.87. The maximum absolute atomic E-state index is 12.8. The zero-order valence-corrected chi connectivity index (χ0v) is 14.5. The van der Waals surface area contributed by atoms with Crippen molar-refractivity contribution >= 4 is 22.6 Å². The van der Waals surface area contributed by atoms with E-state index in [1.54, 1.807) is 18.2 Å². The van der Waals surface area contributed by atoms with Crippen LogP contribution in [0.1, 0.15) is 28.7 Å². The molecule has 0 aliphatic rings. The summed E-state index contributed by atoms with van der Waals surface area (Å²) < 4.78 is 12.1. The first-order valence-electron chi connectivity index (χ1n) is 7.91. The molecule has 3 aromatic rings. The van der Waals surface area contributed by atoms with Crippen LogP contribution >= 0.6 is 0 Å². The monoisotopic (exact) mass is 341 g/mol. The zero-order valence-electron chi connectivity index (χ0n) is 14.5. The number of hydrogen-bond acceptors (Lipinski definition) is 5. The molecule has 0 unspecified atom stereocenters. The van der Waals surface area contributed by atoms with Crippen molar-refractivity contribution in [1.29, 1.82) is 0 Å². The summed E-state index contributed by atoms with van der Waals surface area (Å²) in [5.74, 6) is 0.161. The Hall–Kier alpha value is -3.09. The van der Waals surface area contributed by atoms with Crippen molar-refractivity contribution in [3.8, 4) is 5.75 Å². The third kappa shape index (κ3) is 3.00. The molecule has 0 aliphatic heterocycles. The van der Waals surface area contributed by atoms with Gasteiger partial charge >= 0.3 is 5.63 Å². The van der Waals surface area contributed by atoms with Gasteiger partial charge in [-0.3, -0.25) is 9.48 Å². The van der Waals surface area contributed by atoms with Crippen molar-refractivity contribution in [2.45, 2.75) is 27.3 Å². The van der Waals surface area contributed by atoms with E-state index in [2.05, 4.69) is 10.4 Å². The number of aromatic nitrogens is 2. The molecule has 0 saturated carbocycles. The number of anilines is 1. The minimum Gasteiger partial charge on any atom is -0.497 e. The minimum absolute atomic E-state index is 0.247. The van der Waals surface area contributed by atoms with E-state index < -0.39 is 5.63 Å². The van der Waals surface area contributed by atoms with Gasteiger partial charge in [0.25, 0.3) is 5.91 Å². The molecular weight excluding hydrogens is 322 g/mol. The average molecular weight is 341 g/mol.